The molecule has 4 nitrogen and oxygen atoms in total. The topological polar surface area (TPSA) is 40.2 Å². The van der Waals surface area contributed by atoms with Crippen molar-refractivity contribution in [1.29, 1.82) is 0 Å². The van der Waals surface area contributed by atoms with Crippen molar-refractivity contribution in [2.75, 3.05) is 14.2 Å². The summed E-state index contributed by atoms with van der Waals surface area (Å²) < 4.78 is 21.9. The lowest BCUT2D eigenvalue weighted by Gasteiger charge is -2.27. The van der Waals surface area contributed by atoms with Crippen LogP contribution in [0, 0.1) is 0 Å². The molecule has 2 aliphatic heterocycles. The number of ether oxygens (including phenoxy) is 4. The molecule has 2 heterocycles. The Morgan fingerprint density at radius 2 is 1.94 bits per heavy atom. The molecule has 1 fully saturated rings. The van der Waals surface area contributed by atoms with Crippen molar-refractivity contribution in [1.82, 2.24) is 0 Å². The Hall–Kier alpha value is -1.10. The zero-order valence-corrected chi connectivity index (χ0v) is 9.25. The molecule has 16 heavy (non-hydrogen) atoms. The molecule has 1 aromatic carbocycles. The largest absolute Gasteiger partial charge is 0.482 e. The van der Waals surface area contributed by atoms with Crippen molar-refractivity contribution >= 4 is 0 Å². The first kappa shape index (κ1) is 10.1. The standard InChI is InChI=1S/C12H14O4/c1-13-12(14-2)11-10-9(16-10)7-5-3-4-6-8(7)15-11/h3-6,9-12H,1-2H3. The first-order valence-electron chi connectivity index (χ1n) is 5.32. The molecule has 3 atom stereocenters. The van der Waals surface area contributed by atoms with E-state index < -0.39 is 0 Å². The van der Waals surface area contributed by atoms with Gasteiger partial charge in [0, 0.05) is 19.8 Å². The van der Waals surface area contributed by atoms with Gasteiger partial charge in [-0.3, -0.25) is 0 Å². The zero-order valence-electron chi connectivity index (χ0n) is 9.25. The van der Waals surface area contributed by atoms with Gasteiger partial charge in [-0.1, -0.05) is 18.2 Å². The van der Waals surface area contributed by atoms with Gasteiger partial charge in [-0.05, 0) is 6.07 Å². The first-order valence-corrected chi connectivity index (χ1v) is 5.32. The highest BCUT2D eigenvalue weighted by atomic mass is 16.7. The Labute approximate surface area is 94.1 Å². The number of benzene rings is 1. The zero-order chi connectivity index (χ0) is 11.1. The van der Waals surface area contributed by atoms with E-state index in [1.54, 1.807) is 14.2 Å². The summed E-state index contributed by atoms with van der Waals surface area (Å²) in [5, 5.41) is 0. The lowest BCUT2D eigenvalue weighted by Crippen LogP contribution is -2.41. The maximum atomic E-state index is 5.85. The van der Waals surface area contributed by atoms with Gasteiger partial charge in [-0.25, -0.2) is 0 Å². The third kappa shape index (κ3) is 1.42. The molecule has 4 heteroatoms. The molecule has 0 amide bonds. The Bertz CT molecular complexity index is 388. The molecular weight excluding hydrogens is 208 g/mol. The fourth-order valence-electron chi connectivity index (χ4n) is 2.24. The van der Waals surface area contributed by atoms with E-state index in [2.05, 4.69) is 0 Å². The fourth-order valence-corrected chi connectivity index (χ4v) is 2.24. The van der Waals surface area contributed by atoms with E-state index >= 15 is 0 Å². The highest BCUT2D eigenvalue weighted by molar-refractivity contribution is 5.41. The van der Waals surface area contributed by atoms with Crippen LogP contribution in [-0.4, -0.2) is 32.7 Å². The van der Waals surface area contributed by atoms with E-state index in [1.165, 1.54) is 0 Å². The summed E-state index contributed by atoms with van der Waals surface area (Å²) in [5.74, 6) is 0.866. The minimum atomic E-state index is -0.386. The predicted molar refractivity (Wildman–Crippen MR) is 56.3 cm³/mol. The minimum Gasteiger partial charge on any atom is -0.482 e. The molecule has 0 aromatic heterocycles. The van der Waals surface area contributed by atoms with E-state index in [9.17, 15) is 0 Å². The van der Waals surface area contributed by atoms with Gasteiger partial charge in [0.05, 0.1) is 0 Å². The summed E-state index contributed by atoms with van der Waals surface area (Å²) >= 11 is 0. The van der Waals surface area contributed by atoms with Gasteiger partial charge in [0.15, 0.2) is 12.4 Å². The summed E-state index contributed by atoms with van der Waals surface area (Å²) in [6.07, 6.45) is -0.374. The lowest BCUT2D eigenvalue weighted by atomic mass is 10.0. The maximum absolute atomic E-state index is 5.85. The number of hydrogen-bond acceptors (Lipinski definition) is 4. The third-order valence-corrected chi connectivity index (χ3v) is 3.07. The number of methoxy groups -OCH3 is 2. The van der Waals surface area contributed by atoms with E-state index in [0.29, 0.717) is 0 Å². The van der Waals surface area contributed by atoms with Crippen LogP contribution in [0.15, 0.2) is 24.3 Å². The van der Waals surface area contributed by atoms with Crippen LogP contribution in [-0.2, 0) is 14.2 Å². The average Bonchev–Trinajstić information content (AvgIpc) is 3.11. The molecule has 0 spiro atoms. The highest BCUT2D eigenvalue weighted by Gasteiger charge is 2.55. The number of fused-ring (bicyclic) bond motifs is 3. The fraction of sp³-hybridized carbons (Fsp3) is 0.500. The second-order valence-electron chi connectivity index (χ2n) is 3.98. The summed E-state index contributed by atoms with van der Waals surface area (Å²) in [5.41, 5.74) is 1.12. The summed E-state index contributed by atoms with van der Waals surface area (Å²) in [6.45, 7) is 0. The van der Waals surface area contributed by atoms with Crippen molar-refractivity contribution in [2.45, 2.75) is 24.6 Å². The molecule has 0 aliphatic carbocycles. The van der Waals surface area contributed by atoms with Crippen LogP contribution < -0.4 is 4.74 Å². The van der Waals surface area contributed by atoms with Crippen LogP contribution in [0.4, 0.5) is 0 Å². The van der Waals surface area contributed by atoms with Gasteiger partial charge in [0.1, 0.15) is 18.0 Å². The van der Waals surface area contributed by atoms with Crippen LogP contribution in [0.5, 0.6) is 5.75 Å². The SMILES string of the molecule is COC(OC)C1Oc2ccccc2C2OC21. The van der Waals surface area contributed by atoms with Crippen molar-refractivity contribution in [2.24, 2.45) is 0 Å². The molecule has 0 radical (unpaired) electrons. The van der Waals surface area contributed by atoms with Gasteiger partial charge < -0.3 is 18.9 Å². The van der Waals surface area contributed by atoms with Crippen molar-refractivity contribution in [3.8, 4) is 5.75 Å². The van der Waals surface area contributed by atoms with Crippen LogP contribution in [0.25, 0.3) is 0 Å². The molecule has 86 valence electrons. The van der Waals surface area contributed by atoms with Gasteiger partial charge >= 0.3 is 0 Å². The van der Waals surface area contributed by atoms with E-state index in [0.717, 1.165) is 11.3 Å². The van der Waals surface area contributed by atoms with Crippen molar-refractivity contribution in [3.05, 3.63) is 29.8 Å². The van der Waals surface area contributed by atoms with Gasteiger partial charge in [0.2, 0.25) is 0 Å². The smallest absolute Gasteiger partial charge is 0.196 e. The number of epoxide rings is 1. The van der Waals surface area contributed by atoms with Gasteiger partial charge in [-0.15, -0.1) is 0 Å². The highest BCUT2D eigenvalue weighted by Crippen LogP contribution is 2.50. The number of para-hydroxylation sites is 1. The van der Waals surface area contributed by atoms with Crippen molar-refractivity contribution in [3.63, 3.8) is 0 Å². The Morgan fingerprint density at radius 1 is 1.19 bits per heavy atom. The monoisotopic (exact) mass is 222 g/mol. The summed E-state index contributed by atoms with van der Waals surface area (Å²) in [7, 11) is 3.21. The van der Waals surface area contributed by atoms with E-state index in [-0.39, 0.29) is 24.6 Å². The quantitative estimate of drug-likeness (QED) is 0.574. The number of rotatable bonds is 3. The van der Waals surface area contributed by atoms with Gasteiger partial charge in [0.25, 0.3) is 0 Å². The average molecular weight is 222 g/mol. The maximum Gasteiger partial charge on any atom is 0.196 e. The Balaban J connectivity index is 1.88. The van der Waals surface area contributed by atoms with Gasteiger partial charge in [-0.2, -0.15) is 0 Å². The van der Waals surface area contributed by atoms with Crippen LogP contribution >= 0.6 is 0 Å². The molecule has 3 rings (SSSR count). The Kier molecular flexibility index (Phi) is 2.35. The molecule has 0 bridgehead atoms. The molecule has 0 saturated carbocycles. The molecular formula is C12H14O4. The van der Waals surface area contributed by atoms with E-state index in [1.807, 2.05) is 24.3 Å². The summed E-state index contributed by atoms with van der Waals surface area (Å²) in [4.78, 5) is 0. The normalized spacial score (nSPS) is 30.6. The van der Waals surface area contributed by atoms with Crippen LogP contribution in [0.2, 0.25) is 0 Å². The second-order valence-corrected chi connectivity index (χ2v) is 3.98. The third-order valence-electron chi connectivity index (χ3n) is 3.07. The minimum absolute atomic E-state index is 0.0554. The molecule has 1 aromatic rings. The van der Waals surface area contributed by atoms with Crippen LogP contribution in [0.1, 0.15) is 11.7 Å². The molecule has 2 aliphatic rings. The molecule has 1 saturated heterocycles. The van der Waals surface area contributed by atoms with Crippen molar-refractivity contribution < 1.29 is 18.9 Å². The second kappa shape index (κ2) is 3.73. The van der Waals surface area contributed by atoms with E-state index in [4.69, 9.17) is 18.9 Å². The molecule has 3 unspecified atom stereocenters. The summed E-state index contributed by atoms with van der Waals surface area (Å²) in [6, 6.07) is 7.92. The predicted octanol–water partition coefficient (Wildman–Crippen LogP) is 1.51. The number of hydrogen-bond donors (Lipinski definition) is 0. The first-order chi connectivity index (χ1) is 7.85. The molecule has 0 N–H and O–H groups in total. The van der Waals surface area contributed by atoms with Crippen LogP contribution in [0.3, 0.4) is 0 Å². The Morgan fingerprint density at radius 3 is 2.69 bits per heavy atom. The lowest BCUT2D eigenvalue weighted by molar-refractivity contribution is -0.162.